The summed E-state index contributed by atoms with van der Waals surface area (Å²) in [6, 6.07) is 70.5. The lowest BCUT2D eigenvalue weighted by molar-refractivity contribution is 0.586. The van der Waals surface area contributed by atoms with E-state index in [1.165, 1.54) is 83.6 Å². The van der Waals surface area contributed by atoms with E-state index in [-0.39, 0.29) is 10.8 Å². The molecule has 282 valence electrons. The van der Waals surface area contributed by atoms with Crippen molar-refractivity contribution >= 4 is 17.1 Å². The summed E-state index contributed by atoms with van der Waals surface area (Å²) in [6.45, 7) is 14.0. The Kier molecular flexibility index (Phi) is 8.25. The molecule has 0 saturated carbocycles. The highest BCUT2D eigenvalue weighted by molar-refractivity contribution is 6.00. The first-order valence-electron chi connectivity index (χ1n) is 20.7. The van der Waals surface area contributed by atoms with Gasteiger partial charge >= 0.3 is 0 Å². The molecule has 1 heteroatoms. The fourth-order valence-corrected chi connectivity index (χ4v) is 9.64. The third kappa shape index (κ3) is 5.59. The van der Waals surface area contributed by atoms with Crippen LogP contribution in [-0.2, 0) is 16.2 Å². The van der Waals surface area contributed by atoms with Crippen LogP contribution in [0, 0.1) is 0 Å². The molecule has 1 nitrogen and oxygen atoms in total. The van der Waals surface area contributed by atoms with Gasteiger partial charge in [0.05, 0.1) is 11.1 Å². The summed E-state index contributed by atoms with van der Waals surface area (Å²) in [7, 11) is 0. The molecule has 0 aromatic heterocycles. The summed E-state index contributed by atoms with van der Waals surface area (Å²) in [5, 5.41) is 0. The molecule has 0 N–H and O–H groups in total. The van der Waals surface area contributed by atoms with Gasteiger partial charge in [0.25, 0.3) is 0 Å². The van der Waals surface area contributed by atoms with Gasteiger partial charge in [-0.1, -0.05) is 199 Å². The van der Waals surface area contributed by atoms with Crippen molar-refractivity contribution < 1.29 is 0 Å². The highest BCUT2D eigenvalue weighted by Gasteiger charge is 2.54. The fraction of sp³-hybridized carbons (Fsp3) is 0.158. The highest BCUT2D eigenvalue weighted by Crippen LogP contribution is 2.66. The molecule has 8 aromatic carbocycles. The summed E-state index contributed by atoms with van der Waals surface area (Å²) < 4.78 is 0. The van der Waals surface area contributed by atoms with Crippen molar-refractivity contribution in [3.8, 4) is 44.5 Å². The molecule has 0 aliphatic heterocycles. The molecule has 0 saturated heterocycles. The lowest BCUT2D eigenvalue weighted by atomic mass is 9.68. The van der Waals surface area contributed by atoms with Crippen LogP contribution in [0.25, 0.3) is 44.5 Å². The Hall–Kier alpha value is -6.44. The minimum absolute atomic E-state index is 0.0188. The maximum atomic E-state index is 2.54. The number of anilines is 3. The topological polar surface area (TPSA) is 3.24 Å². The van der Waals surface area contributed by atoms with E-state index in [1.807, 2.05) is 0 Å². The maximum absolute atomic E-state index is 2.54. The lowest BCUT2D eigenvalue weighted by Crippen LogP contribution is -2.29. The Balaban J connectivity index is 1.28. The summed E-state index contributed by atoms with van der Waals surface area (Å²) in [4.78, 5) is 2.51. The average molecular weight is 748 g/mol. The van der Waals surface area contributed by atoms with Crippen LogP contribution >= 0.6 is 0 Å². The zero-order valence-electron chi connectivity index (χ0n) is 34.3. The van der Waals surface area contributed by atoms with Crippen molar-refractivity contribution in [1.82, 2.24) is 0 Å². The molecule has 10 rings (SSSR count). The number of rotatable bonds is 5. The molecule has 0 bridgehead atoms. The molecule has 8 aromatic rings. The van der Waals surface area contributed by atoms with Gasteiger partial charge in [-0.3, -0.25) is 0 Å². The Morgan fingerprint density at radius 2 is 0.759 bits per heavy atom. The number of hydrogen-bond donors (Lipinski definition) is 0. The molecule has 0 amide bonds. The molecule has 0 atom stereocenters. The van der Waals surface area contributed by atoms with E-state index in [0.29, 0.717) is 0 Å². The van der Waals surface area contributed by atoms with Crippen LogP contribution in [0.3, 0.4) is 0 Å². The first kappa shape index (κ1) is 35.9. The van der Waals surface area contributed by atoms with Crippen molar-refractivity contribution in [2.24, 2.45) is 0 Å². The van der Waals surface area contributed by atoms with Gasteiger partial charge in [-0.2, -0.15) is 0 Å². The Bertz CT molecular complexity index is 2670. The van der Waals surface area contributed by atoms with E-state index in [9.17, 15) is 0 Å². The zero-order chi connectivity index (χ0) is 39.8. The van der Waals surface area contributed by atoms with Gasteiger partial charge in [0.1, 0.15) is 0 Å². The molecule has 58 heavy (non-hydrogen) atoms. The molecule has 2 aliphatic rings. The molecular weight excluding hydrogens is 699 g/mol. The predicted octanol–water partition coefficient (Wildman–Crippen LogP) is 15.4. The van der Waals surface area contributed by atoms with E-state index in [4.69, 9.17) is 0 Å². The van der Waals surface area contributed by atoms with Crippen molar-refractivity contribution in [3.63, 3.8) is 0 Å². The second kappa shape index (κ2) is 13.3. The number of nitrogens with zero attached hydrogens (tertiary/aromatic N) is 1. The van der Waals surface area contributed by atoms with Gasteiger partial charge < -0.3 is 4.90 Å². The number of fused-ring (bicyclic) bond motifs is 10. The van der Waals surface area contributed by atoms with Crippen molar-refractivity contribution in [2.75, 3.05) is 4.90 Å². The monoisotopic (exact) mass is 747 g/mol. The van der Waals surface area contributed by atoms with Gasteiger partial charge in [-0.15, -0.1) is 0 Å². The van der Waals surface area contributed by atoms with Gasteiger partial charge in [0.2, 0.25) is 0 Å². The third-order valence-electron chi connectivity index (χ3n) is 12.6. The van der Waals surface area contributed by atoms with E-state index in [2.05, 4.69) is 234 Å². The minimum atomic E-state index is -0.540. The molecular formula is C57H49N. The fourth-order valence-electron chi connectivity index (χ4n) is 9.64. The quantitative estimate of drug-likeness (QED) is 0.169. The van der Waals surface area contributed by atoms with Crippen LogP contribution in [0.5, 0.6) is 0 Å². The van der Waals surface area contributed by atoms with Gasteiger partial charge in [0, 0.05) is 16.9 Å². The summed E-state index contributed by atoms with van der Waals surface area (Å²) >= 11 is 0. The smallest absolute Gasteiger partial charge is 0.0746 e. The molecule has 2 aliphatic carbocycles. The zero-order valence-corrected chi connectivity index (χ0v) is 34.3. The van der Waals surface area contributed by atoms with E-state index in [0.717, 1.165) is 11.4 Å². The molecule has 1 spiro atoms. The first-order valence-corrected chi connectivity index (χ1v) is 20.7. The predicted molar refractivity (Wildman–Crippen MR) is 246 cm³/mol. The summed E-state index contributed by atoms with van der Waals surface area (Å²) in [6.07, 6.45) is 0. The minimum Gasteiger partial charge on any atom is -0.310 e. The SMILES string of the molecule is CC(C)(C)c1ccc2c(c1)C1(c3cc(C(C)(C)C)ccc3-2)c2ccccc2-c2cccc(N(c3ccc(-c4ccccc4)cc3)c3ccc(-c4ccccc4)cc3)c21. The molecule has 0 fully saturated rings. The van der Waals surface area contributed by atoms with Crippen LogP contribution < -0.4 is 4.90 Å². The summed E-state index contributed by atoms with van der Waals surface area (Å²) in [5.74, 6) is 0. The van der Waals surface area contributed by atoms with Crippen LogP contribution in [0.15, 0.2) is 188 Å². The summed E-state index contributed by atoms with van der Waals surface area (Å²) in [5.41, 5.74) is 21.1. The standard InChI is InChI=1S/C57H49N/c1-55(2,3)42-28-34-47-48-35-29-43(56(4,5)6)37-52(48)57(51(47)36-42)50-22-14-13-20-46(50)49-21-15-23-53(54(49)57)58(44-30-24-40(25-31-44)38-16-9-7-10-17-38)45-32-26-41(27-33-45)39-18-11-8-12-19-39/h7-37H,1-6H3. The number of benzene rings is 8. The van der Waals surface area contributed by atoms with Gasteiger partial charge in [0.15, 0.2) is 0 Å². The lowest BCUT2D eigenvalue weighted by Gasteiger charge is -2.37. The van der Waals surface area contributed by atoms with Crippen molar-refractivity contribution in [3.05, 3.63) is 221 Å². The van der Waals surface area contributed by atoms with Crippen LogP contribution in [0.4, 0.5) is 17.1 Å². The second-order valence-electron chi connectivity index (χ2n) is 18.2. The van der Waals surface area contributed by atoms with Crippen molar-refractivity contribution in [2.45, 2.75) is 57.8 Å². The normalized spacial score (nSPS) is 13.5. The first-order chi connectivity index (χ1) is 28.0. The van der Waals surface area contributed by atoms with Crippen LogP contribution in [0.1, 0.15) is 74.9 Å². The average Bonchev–Trinajstić information content (AvgIpc) is 3.71. The Labute approximate surface area is 344 Å². The maximum Gasteiger partial charge on any atom is 0.0746 e. The van der Waals surface area contributed by atoms with Crippen molar-refractivity contribution in [1.29, 1.82) is 0 Å². The second-order valence-corrected chi connectivity index (χ2v) is 18.2. The van der Waals surface area contributed by atoms with Crippen LogP contribution in [0.2, 0.25) is 0 Å². The third-order valence-corrected chi connectivity index (χ3v) is 12.6. The largest absolute Gasteiger partial charge is 0.310 e. The van der Waals surface area contributed by atoms with Gasteiger partial charge in [-0.05, 0) is 113 Å². The Morgan fingerprint density at radius 3 is 1.24 bits per heavy atom. The Morgan fingerprint density at radius 1 is 0.345 bits per heavy atom. The van der Waals surface area contributed by atoms with Crippen LogP contribution in [-0.4, -0.2) is 0 Å². The van der Waals surface area contributed by atoms with E-state index in [1.54, 1.807) is 0 Å². The van der Waals surface area contributed by atoms with E-state index < -0.39 is 5.41 Å². The highest BCUT2D eigenvalue weighted by atomic mass is 15.1. The molecule has 0 unspecified atom stereocenters. The molecule has 0 heterocycles. The van der Waals surface area contributed by atoms with Gasteiger partial charge in [-0.25, -0.2) is 0 Å². The van der Waals surface area contributed by atoms with E-state index >= 15 is 0 Å². The molecule has 0 radical (unpaired) electrons. The number of hydrogen-bond acceptors (Lipinski definition) is 1.